The van der Waals surface area contributed by atoms with Gasteiger partial charge in [-0.2, -0.15) is 0 Å². The summed E-state index contributed by atoms with van der Waals surface area (Å²) in [7, 11) is 1.60. The number of hydrogen-bond acceptors (Lipinski definition) is 4. The summed E-state index contributed by atoms with van der Waals surface area (Å²) < 4.78 is 5.29. The Morgan fingerprint density at radius 3 is 2.54 bits per heavy atom. The van der Waals surface area contributed by atoms with E-state index in [0.29, 0.717) is 28.6 Å². The summed E-state index contributed by atoms with van der Waals surface area (Å²) >= 11 is 6.02. The lowest BCUT2D eigenvalue weighted by atomic mass is 9.67. The maximum absolute atomic E-state index is 12.4. The Bertz CT molecular complexity index is 589. The number of hydrogen-bond donors (Lipinski definition) is 3. The Kier molecular flexibility index (Phi) is 9.31. The number of nitrogens with two attached hydrogens (primary N) is 1. The Morgan fingerprint density at radius 2 is 1.92 bits per heavy atom. The fraction of sp³-hybridized carbons (Fsp3) is 0.611. The molecule has 2 fully saturated rings. The Balaban J connectivity index is 0.00000169. The van der Waals surface area contributed by atoms with Gasteiger partial charge in [0.2, 0.25) is 5.91 Å². The molecule has 148 valence electrons. The Labute approximate surface area is 172 Å². The van der Waals surface area contributed by atoms with Crippen molar-refractivity contribution in [1.29, 1.82) is 0 Å². The van der Waals surface area contributed by atoms with Crippen LogP contribution in [0.25, 0.3) is 0 Å². The molecule has 4 N–H and O–H groups in total. The molecule has 0 aliphatic heterocycles. The molecule has 0 saturated heterocycles. The first kappa shape index (κ1) is 23.2. The van der Waals surface area contributed by atoms with Crippen molar-refractivity contribution in [2.45, 2.75) is 44.2 Å². The zero-order valence-electron chi connectivity index (χ0n) is 14.9. The lowest BCUT2D eigenvalue weighted by Gasteiger charge is -2.45. The van der Waals surface area contributed by atoms with Crippen molar-refractivity contribution >= 4 is 48.0 Å². The fourth-order valence-electron chi connectivity index (χ4n) is 4.26. The summed E-state index contributed by atoms with van der Waals surface area (Å²) in [4.78, 5) is 12.4. The molecular weight excluding hydrogens is 397 g/mol. The average Bonchev–Trinajstić information content (AvgIpc) is 2.54. The lowest BCUT2D eigenvalue weighted by Crippen LogP contribution is -2.54. The van der Waals surface area contributed by atoms with Crippen LogP contribution < -0.4 is 21.1 Å². The summed E-state index contributed by atoms with van der Waals surface area (Å²) in [5.74, 6) is 1.73. The number of carbonyl (C=O) groups excluding carboxylic acids is 1. The van der Waals surface area contributed by atoms with Crippen LogP contribution in [0.15, 0.2) is 18.2 Å². The number of fused-ring (bicyclic) bond motifs is 2. The first-order valence-electron chi connectivity index (χ1n) is 8.69. The number of ether oxygens (including phenoxy) is 1. The minimum atomic E-state index is 0. The minimum Gasteiger partial charge on any atom is -0.495 e. The van der Waals surface area contributed by atoms with Gasteiger partial charge >= 0.3 is 0 Å². The van der Waals surface area contributed by atoms with E-state index in [-0.39, 0.29) is 43.3 Å². The summed E-state index contributed by atoms with van der Waals surface area (Å²) in [6.07, 6.45) is 5.65. The monoisotopic (exact) mass is 423 g/mol. The van der Waals surface area contributed by atoms with E-state index in [1.54, 1.807) is 25.3 Å². The molecule has 0 aromatic heterocycles. The van der Waals surface area contributed by atoms with Crippen LogP contribution >= 0.6 is 36.4 Å². The van der Waals surface area contributed by atoms with Gasteiger partial charge in [-0.25, -0.2) is 0 Å². The van der Waals surface area contributed by atoms with E-state index >= 15 is 0 Å². The average molecular weight is 425 g/mol. The molecule has 5 nitrogen and oxygen atoms in total. The van der Waals surface area contributed by atoms with Crippen molar-refractivity contribution in [3.63, 3.8) is 0 Å². The molecule has 2 atom stereocenters. The highest BCUT2D eigenvalue weighted by atomic mass is 35.5. The van der Waals surface area contributed by atoms with Crippen LogP contribution in [0.3, 0.4) is 0 Å². The summed E-state index contributed by atoms with van der Waals surface area (Å²) in [5.41, 5.74) is 6.88. The number of nitrogens with one attached hydrogen (secondary N) is 2. The third kappa shape index (κ3) is 5.56. The number of methoxy groups -OCH3 is 1. The van der Waals surface area contributed by atoms with Crippen LogP contribution in [0.5, 0.6) is 5.75 Å². The van der Waals surface area contributed by atoms with E-state index in [1.807, 2.05) is 0 Å². The second-order valence-electron chi connectivity index (χ2n) is 6.97. The zero-order valence-corrected chi connectivity index (χ0v) is 17.3. The molecule has 0 spiro atoms. The van der Waals surface area contributed by atoms with Gasteiger partial charge in [0.1, 0.15) is 5.75 Å². The summed E-state index contributed by atoms with van der Waals surface area (Å²) in [5, 5.41) is 6.96. The van der Waals surface area contributed by atoms with Crippen LogP contribution in [0.2, 0.25) is 5.02 Å². The van der Waals surface area contributed by atoms with E-state index in [2.05, 4.69) is 10.6 Å². The minimum absolute atomic E-state index is 0. The molecule has 0 radical (unpaired) electrons. The third-order valence-electron chi connectivity index (χ3n) is 5.31. The standard InChI is InChI=1S/C18H26ClN3O2.2ClH/c1-24-16-6-5-13(19)9-15(16)21-10-17(23)22-18-11-3-2-4-12(18)8-14(20)7-11;;/h5-6,9,11-12,14,18,21H,2-4,7-8,10,20H2,1H3,(H,22,23);2*1H. The molecule has 2 aliphatic carbocycles. The van der Waals surface area contributed by atoms with E-state index < -0.39 is 0 Å². The van der Waals surface area contributed by atoms with Crippen molar-refractivity contribution in [2.75, 3.05) is 19.0 Å². The highest BCUT2D eigenvalue weighted by molar-refractivity contribution is 6.30. The van der Waals surface area contributed by atoms with Gasteiger partial charge in [0.15, 0.2) is 0 Å². The molecule has 26 heavy (non-hydrogen) atoms. The summed E-state index contributed by atoms with van der Waals surface area (Å²) in [6.45, 7) is 0.207. The van der Waals surface area contributed by atoms with Crippen molar-refractivity contribution < 1.29 is 9.53 Å². The van der Waals surface area contributed by atoms with Crippen molar-refractivity contribution in [1.82, 2.24) is 5.32 Å². The second-order valence-corrected chi connectivity index (χ2v) is 7.41. The molecule has 3 rings (SSSR count). The number of amides is 1. The van der Waals surface area contributed by atoms with Gasteiger partial charge in [0, 0.05) is 17.1 Å². The quantitative estimate of drug-likeness (QED) is 0.674. The van der Waals surface area contributed by atoms with E-state index in [0.717, 1.165) is 18.5 Å². The van der Waals surface area contributed by atoms with Gasteiger partial charge in [0.25, 0.3) is 0 Å². The van der Waals surface area contributed by atoms with Gasteiger partial charge in [-0.05, 0) is 55.7 Å². The summed E-state index contributed by atoms with van der Waals surface area (Å²) in [6, 6.07) is 5.88. The van der Waals surface area contributed by atoms with Gasteiger partial charge < -0.3 is 21.1 Å². The third-order valence-corrected chi connectivity index (χ3v) is 5.54. The van der Waals surface area contributed by atoms with E-state index in [4.69, 9.17) is 22.1 Å². The van der Waals surface area contributed by atoms with Crippen molar-refractivity contribution in [3.05, 3.63) is 23.2 Å². The van der Waals surface area contributed by atoms with Crippen molar-refractivity contribution in [2.24, 2.45) is 17.6 Å². The molecule has 8 heteroatoms. The highest BCUT2D eigenvalue weighted by Crippen LogP contribution is 2.39. The van der Waals surface area contributed by atoms with E-state index in [9.17, 15) is 4.79 Å². The van der Waals surface area contributed by atoms with Crippen LogP contribution in [-0.4, -0.2) is 31.6 Å². The Morgan fingerprint density at radius 1 is 1.27 bits per heavy atom. The van der Waals surface area contributed by atoms with Crippen LogP contribution in [0, 0.1) is 11.8 Å². The zero-order chi connectivity index (χ0) is 17.1. The maximum atomic E-state index is 12.4. The molecule has 2 bridgehead atoms. The van der Waals surface area contributed by atoms with Crippen LogP contribution in [0.4, 0.5) is 5.69 Å². The number of carbonyl (C=O) groups is 1. The van der Waals surface area contributed by atoms with Gasteiger partial charge in [-0.1, -0.05) is 18.0 Å². The van der Waals surface area contributed by atoms with Crippen molar-refractivity contribution in [3.8, 4) is 5.75 Å². The highest BCUT2D eigenvalue weighted by Gasteiger charge is 2.39. The topological polar surface area (TPSA) is 76.4 Å². The first-order valence-corrected chi connectivity index (χ1v) is 9.07. The maximum Gasteiger partial charge on any atom is 0.239 e. The SMILES string of the molecule is COc1ccc(Cl)cc1NCC(=O)NC1C2CCCC1CC(N)C2.Cl.Cl. The normalized spacial score (nSPS) is 26.7. The van der Waals surface area contributed by atoms with Gasteiger partial charge in [-0.3, -0.25) is 4.79 Å². The second kappa shape index (κ2) is 10.5. The smallest absolute Gasteiger partial charge is 0.239 e. The molecular formula is C18H28Cl3N3O2. The lowest BCUT2D eigenvalue weighted by molar-refractivity contribution is -0.121. The number of halogens is 3. The molecule has 0 heterocycles. The van der Waals surface area contributed by atoms with Gasteiger partial charge in [-0.15, -0.1) is 24.8 Å². The number of benzene rings is 1. The molecule has 1 aromatic rings. The largest absolute Gasteiger partial charge is 0.495 e. The molecule has 2 saturated carbocycles. The van der Waals surface area contributed by atoms with Gasteiger partial charge in [0.05, 0.1) is 19.3 Å². The van der Waals surface area contributed by atoms with Crippen LogP contribution in [-0.2, 0) is 4.79 Å². The first-order chi connectivity index (χ1) is 11.6. The predicted octanol–water partition coefficient (Wildman–Crippen LogP) is 3.63. The number of anilines is 1. The Hall–Kier alpha value is -0.880. The molecule has 1 aromatic carbocycles. The molecule has 2 unspecified atom stereocenters. The molecule has 2 aliphatic rings. The van der Waals surface area contributed by atoms with Crippen LogP contribution in [0.1, 0.15) is 32.1 Å². The fourth-order valence-corrected chi connectivity index (χ4v) is 4.43. The van der Waals surface area contributed by atoms with E-state index in [1.165, 1.54) is 19.3 Å². The molecule has 1 amide bonds. The number of rotatable bonds is 5. The predicted molar refractivity (Wildman–Crippen MR) is 111 cm³/mol.